The highest BCUT2D eigenvalue weighted by Crippen LogP contribution is 2.32. The van der Waals surface area contributed by atoms with Crippen molar-refractivity contribution in [3.8, 4) is 11.4 Å². The monoisotopic (exact) mass is 352 g/mol. The highest BCUT2D eigenvalue weighted by molar-refractivity contribution is 5.88. The molecule has 0 bridgehead atoms. The van der Waals surface area contributed by atoms with Crippen LogP contribution in [0.15, 0.2) is 60.8 Å². The zero-order valence-corrected chi connectivity index (χ0v) is 13.9. The van der Waals surface area contributed by atoms with Gasteiger partial charge in [0.1, 0.15) is 11.6 Å². The summed E-state index contributed by atoms with van der Waals surface area (Å²) in [7, 11) is 0. The summed E-state index contributed by atoms with van der Waals surface area (Å²) in [5.41, 5.74) is 1.67. The zero-order valence-electron chi connectivity index (χ0n) is 13.9. The number of carbonyl (C=O) groups is 1. The summed E-state index contributed by atoms with van der Waals surface area (Å²) >= 11 is 0. The van der Waals surface area contributed by atoms with Crippen molar-refractivity contribution in [2.75, 3.05) is 11.9 Å². The molecule has 0 fully saturated rings. The number of carbonyl (C=O) groups excluding carboxylic acids is 1. The minimum Gasteiger partial charge on any atom is -0.493 e. The normalized spacial score (nSPS) is 15.7. The quantitative estimate of drug-likeness (QED) is 0.756. The summed E-state index contributed by atoms with van der Waals surface area (Å²) < 4.78 is 20.5. The van der Waals surface area contributed by atoms with Crippen molar-refractivity contribution in [2.45, 2.75) is 12.5 Å². The van der Waals surface area contributed by atoms with E-state index in [0.29, 0.717) is 24.6 Å². The Labute approximate surface area is 149 Å². The van der Waals surface area contributed by atoms with Gasteiger partial charge in [-0.2, -0.15) is 0 Å². The average Bonchev–Trinajstić information content (AvgIpc) is 3.11. The van der Waals surface area contributed by atoms with Crippen LogP contribution in [0.3, 0.4) is 0 Å². The van der Waals surface area contributed by atoms with Gasteiger partial charge in [-0.1, -0.05) is 24.3 Å². The molecule has 1 aliphatic heterocycles. The topological polar surface area (TPSA) is 68.2 Å². The van der Waals surface area contributed by atoms with Gasteiger partial charge in [0.2, 0.25) is 0 Å². The van der Waals surface area contributed by atoms with Gasteiger partial charge in [-0.05, 0) is 18.2 Å². The highest BCUT2D eigenvalue weighted by Gasteiger charge is 2.23. The number of benzene rings is 2. The molecule has 1 aliphatic rings. The van der Waals surface area contributed by atoms with E-state index in [1.165, 1.54) is 12.1 Å². The summed E-state index contributed by atoms with van der Waals surface area (Å²) in [4.78, 5) is 12.3. The van der Waals surface area contributed by atoms with Gasteiger partial charge in [0.15, 0.2) is 5.82 Å². The number of fused-ring (bicyclic) bond motifs is 1. The molecule has 2 heterocycles. The smallest absolute Gasteiger partial charge is 0.320 e. The van der Waals surface area contributed by atoms with Crippen LogP contribution in [-0.2, 0) is 0 Å². The molecule has 2 aromatic carbocycles. The molecular weight excluding hydrogens is 335 g/mol. The molecular formula is C19H17FN4O2. The molecule has 0 radical (unpaired) electrons. The molecule has 26 heavy (non-hydrogen) atoms. The molecule has 3 aromatic rings. The lowest BCUT2D eigenvalue weighted by Gasteiger charge is -2.26. The van der Waals surface area contributed by atoms with Crippen molar-refractivity contribution in [3.63, 3.8) is 0 Å². The number of amides is 2. The van der Waals surface area contributed by atoms with E-state index >= 15 is 0 Å². The number of ether oxygens (including phenoxy) is 1. The van der Waals surface area contributed by atoms with E-state index in [4.69, 9.17) is 4.74 Å². The summed E-state index contributed by atoms with van der Waals surface area (Å²) in [6, 6.07) is 15.1. The Kier molecular flexibility index (Phi) is 4.27. The van der Waals surface area contributed by atoms with E-state index in [9.17, 15) is 9.18 Å². The van der Waals surface area contributed by atoms with E-state index in [1.54, 1.807) is 23.0 Å². The second-order valence-corrected chi connectivity index (χ2v) is 5.95. The Morgan fingerprint density at radius 2 is 2.04 bits per heavy atom. The molecule has 6 nitrogen and oxygen atoms in total. The van der Waals surface area contributed by atoms with Gasteiger partial charge in [0, 0.05) is 30.3 Å². The third-order valence-corrected chi connectivity index (χ3v) is 4.17. The Bertz CT molecular complexity index is 926. The van der Waals surface area contributed by atoms with Crippen molar-refractivity contribution in [1.82, 2.24) is 15.1 Å². The Morgan fingerprint density at radius 1 is 1.19 bits per heavy atom. The molecule has 1 aromatic heterocycles. The lowest BCUT2D eigenvalue weighted by molar-refractivity contribution is 0.232. The van der Waals surface area contributed by atoms with Crippen LogP contribution < -0.4 is 15.4 Å². The minimum atomic E-state index is -0.370. The molecule has 132 valence electrons. The number of rotatable bonds is 3. The molecule has 0 saturated heterocycles. The Hall–Kier alpha value is -3.35. The number of hydrogen-bond donors (Lipinski definition) is 2. The van der Waals surface area contributed by atoms with Crippen LogP contribution in [0.4, 0.5) is 15.0 Å². The molecule has 2 amide bonds. The van der Waals surface area contributed by atoms with Gasteiger partial charge in [-0.3, -0.25) is 5.32 Å². The van der Waals surface area contributed by atoms with Gasteiger partial charge < -0.3 is 10.1 Å². The van der Waals surface area contributed by atoms with Crippen LogP contribution in [0.25, 0.3) is 5.69 Å². The number of para-hydroxylation sites is 1. The standard InChI is InChI=1S/C19H17FN4O2/c20-13-6-7-15-16(9-11-26-17(15)12-13)21-19(25)22-18-8-10-24(23-18)14-4-2-1-3-5-14/h1-8,10,12,16H,9,11H2,(H2,21,22,23,25)/t16-/m0/s1. The van der Waals surface area contributed by atoms with Gasteiger partial charge >= 0.3 is 6.03 Å². The number of urea groups is 1. The fourth-order valence-corrected chi connectivity index (χ4v) is 2.94. The van der Waals surface area contributed by atoms with Gasteiger partial charge in [0.05, 0.1) is 18.3 Å². The molecule has 0 aliphatic carbocycles. The van der Waals surface area contributed by atoms with E-state index in [1.807, 2.05) is 30.3 Å². The fourth-order valence-electron chi connectivity index (χ4n) is 2.94. The maximum Gasteiger partial charge on any atom is 0.320 e. The average molecular weight is 352 g/mol. The summed E-state index contributed by atoms with van der Waals surface area (Å²) in [6.45, 7) is 0.421. The second-order valence-electron chi connectivity index (χ2n) is 5.95. The Morgan fingerprint density at radius 3 is 2.88 bits per heavy atom. The fraction of sp³-hybridized carbons (Fsp3) is 0.158. The predicted octanol–water partition coefficient (Wildman–Crippen LogP) is 3.66. The Balaban J connectivity index is 1.43. The third kappa shape index (κ3) is 3.37. The summed E-state index contributed by atoms with van der Waals surface area (Å²) in [5, 5.41) is 9.95. The van der Waals surface area contributed by atoms with Crippen molar-refractivity contribution < 1.29 is 13.9 Å². The molecule has 0 saturated carbocycles. The van der Waals surface area contributed by atoms with Crippen molar-refractivity contribution >= 4 is 11.8 Å². The molecule has 2 N–H and O–H groups in total. The maximum atomic E-state index is 13.3. The first-order valence-corrected chi connectivity index (χ1v) is 8.30. The van der Waals surface area contributed by atoms with Gasteiger partial charge in [-0.25, -0.2) is 13.9 Å². The van der Waals surface area contributed by atoms with Crippen LogP contribution in [-0.4, -0.2) is 22.4 Å². The highest BCUT2D eigenvalue weighted by atomic mass is 19.1. The molecule has 4 rings (SSSR count). The number of nitrogens with zero attached hydrogens (tertiary/aromatic N) is 2. The van der Waals surface area contributed by atoms with Crippen LogP contribution in [0.5, 0.6) is 5.75 Å². The second kappa shape index (κ2) is 6.87. The van der Waals surface area contributed by atoms with E-state index in [0.717, 1.165) is 11.3 Å². The zero-order chi connectivity index (χ0) is 17.9. The van der Waals surface area contributed by atoms with Crippen LogP contribution in [0.1, 0.15) is 18.0 Å². The van der Waals surface area contributed by atoms with Crippen molar-refractivity contribution in [3.05, 3.63) is 72.2 Å². The molecule has 1 atom stereocenters. The maximum absolute atomic E-state index is 13.3. The van der Waals surface area contributed by atoms with Crippen LogP contribution >= 0.6 is 0 Å². The van der Waals surface area contributed by atoms with E-state index in [-0.39, 0.29) is 17.9 Å². The van der Waals surface area contributed by atoms with E-state index in [2.05, 4.69) is 15.7 Å². The first kappa shape index (κ1) is 16.1. The largest absolute Gasteiger partial charge is 0.493 e. The van der Waals surface area contributed by atoms with E-state index < -0.39 is 0 Å². The molecule has 0 spiro atoms. The first-order valence-electron chi connectivity index (χ1n) is 8.30. The lowest BCUT2D eigenvalue weighted by Crippen LogP contribution is -2.35. The lowest BCUT2D eigenvalue weighted by atomic mass is 10.0. The summed E-state index contributed by atoms with van der Waals surface area (Å²) in [5.74, 6) is 0.549. The SMILES string of the molecule is O=C(Nc1ccn(-c2ccccc2)n1)N[C@H]1CCOc2cc(F)ccc21. The van der Waals surface area contributed by atoms with Gasteiger partial charge in [-0.15, -0.1) is 5.10 Å². The van der Waals surface area contributed by atoms with Crippen molar-refractivity contribution in [1.29, 1.82) is 0 Å². The number of anilines is 1. The van der Waals surface area contributed by atoms with Gasteiger partial charge in [0.25, 0.3) is 0 Å². The van der Waals surface area contributed by atoms with Crippen LogP contribution in [0, 0.1) is 5.82 Å². The number of hydrogen-bond acceptors (Lipinski definition) is 3. The number of nitrogens with one attached hydrogen (secondary N) is 2. The predicted molar refractivity (Wildman–Crippen MR) is 95.0 cm³/mol. The minimum absolute atomic E-state index is 0.240. The first-order chi connectivity index (χ1) is 12.7. The third-order valence-electron chi connectivity index (χ3n) is 4.17. The van der Waals surface area contributed by atoms with Crippen molar-refractivity contribution in [2.24, 2.45) is 0 Å². The van der Waals surface area contributed by atoms with Crippen LogP contribution in [0.2, 0.25) is 0 Å². The molecule has 7 heteroatoms. The molecule has 0 unspecified atom stereocenters. The number of aromatic nitrogens is 2. The summed E-state index contributed by atoms with van der Waals surface area (Å²) in [6.07, 6.45) is 2.39. The number of halogens is 1.